The van der Waals surface area contributed by atoms with Gasteiger partial charge in [-0.2, -0.15) is 0 Å². The van der Waals surface area contributed by atoms with Gasteiger partial charge in [-0.15, -0.1) is 11.3 Å². The van der Waals surface area contributed by atoms with E-state index in [0.29, 0.717) is 0 Å². The summed E-state index contributed by atoms with van der Waals surface area (Å²) in [5, 5.41) is 2.42. The van der Waals surface area contributed by atoms with Crippen LogP contribution in [0.4, 0.5) is 5.69 Å². The van der Waals surface area contributed by atoms with Crippen LogP contribution in [0.2, 0.25) is 0 Å². The minimum Gasteiger partial charge on any atom is -0.497 e. The van der Waals surface area contributed by atoms with Crippen molar-refractivity contribution >= 4 is 37.2 Å². The molecule has 0 saturated carbocycles. The molecule has 2 nitrogen and oxygen atoms in total. The molecule has 0 radical (unpaired) electrons. The van der Waals surface area contributed by atoms with Crippen LogP contribution in [-0.2, 0) is 0 Å². The van der Waals surface area contributed by atoms with Crippen LogP contribution < -0.4 is 10.5 Å². The van der Waals surface area contributed by atoms with Gasteiger partial charge in [-0.05, 0) is 36.4 Å². The molecule has 0 saturated heterocycles. The fourth-order valence-corrected chi connectivity index (χ4v) is 2.97. The van der Waals surface area contributed by atoms with Crippen molar-refractivity contribution in [2.45, 2.75) is 0 Å². The molecular formula is C13H11NOS. The van der Waals surface area contributed by atoms with E-state index in [1.54, 1.807) is 18.4 Å². The van der Waals surface area contributed by atoms with Gasteiger partial charge in [0.2, 0.25) is 0 Å². The molecule has 80 valence electrons. The average Bonchev–Trinajstić information content (AvgIpc) is 2.66. The zero-order valence-corrected chi connectivity index (χ0v) is 9.67. The number of methoxy groups -OCH3 is 1. The van der Waals surface area contributed by atoms with Gasteiger partial charge in [0, 0.05) is 25.9 Å². The van der Waals surface area contributed by atoms with Crippen molar-refractivity contribution in [2.75, 3.05) is 12.8 Å². The van der Waals surface area contributed by atoms with Crippen LogP contribution in [0.25, 0.3) is 20.2 Å². The third-order valence-electron chi connectivity index (χ3n) is 2.70. The van der Waals surface area contributed by atoms with Crippen molar-refractivity contribution in [3.8, 4) is 5.75 Å². The maximum Gasteiger partial charge on any atom is 0.119 e. The fraction of sp³-hybridized carbons (Fsp3) is 0.0769. The van der Waals surface area contributed by atoms with Gasteiger partial charge >= 0.3 is 0 Å². The predicted molar refractivity (Wildman–Crippen MR) is 70.3 cm³/mol. The van der Waals surface area contributed by atoms with E-state index in [9.17, 15) is 0 Å². The molecule has 0 fully saturated rings. The topological polar surface area (TPSA) is 35.2 Å². The second-order valence-electron chi connectivity index (χ2n) is 3.72. The molecule has 1 aromatic heterocycles. The number of fused-ring (bicyclic) bond motifs is 3. The van der Waals surface area contributed by atoms with E-state index in [0.717, 1.165) is 11.4 Å². The third-order valence-corrected chi connectivity index (χ3v) is 3.85. The smallest absolute Gasteiger partial charge is 0.119 e. The van der Waals surface area contributed by atoms with Crippen LogP contribution in [0.5, 0.6) is 5.75 Å². The van der Waals surface area contributed by atoms with Crippen molar-refractivity contribution in [1.29, 1.82) is 0 Å². The zero-order valence-electron chi connectivity index (χ0n) is 8.86. The fourth-order valence-electron chi connectivity index (χ4n) is 1.90. The Morgan fingerprint density at radius 2 is 1.69 bits per heavy atom. The van der Waals surface area contributed by atoms with Gasteiger partial charge in [-0.1, -0.05) is 0 Å². The first-order chi connectivity index (χ1) is 7.78. The molecule has 2 aromatic carbocycles. The number of thiophene rings is 1. The molecule has 0 amide bonds. The largest absolute Gasteiger partial charge is 0.497 e. The highest BCUT2D eigenvalue weighted by molar-refractivity contribution is 7.25. The van der Waals surface area contributed by atoms with Gasteiger partial charge < -0.3 is 10.5 Å². The lowest BCUT2D eigenvalue weighted by Crippen LogP contribution is -1.82. The molecule has 1 heterocycles. The summed E-state index contributed by atoms with van der Waals surface area (Å²) >= 11 is 1.78. The highest BCUT2D eigenvalue weighted by Crippen LogP contribution is 2.36. The Morgan fingerprint density at radius 1 is 1.00 bits per heavy atom. The summed E-state index contributed by atoms with van der Waals surface area (Å²) in [5.74, 6) is 0.884. The van der Waals surface area contributed by atoms with Gasteiger partial charge in [-0.3, -0.25) is 0 Å². The SMILES string of the molecule is COc1ccc2sc3ccc(N)cc3c2c1. The first-order valence-corrected chi connectivity index (χ1v) is 5.85. The molecule has 0 aliphatic heterocycles. The summed E-state index contributed by atoms with van der Waals surface area (Å²) in [6.07, 6.45) is 0. The molecule has 0 unspecified atom stereocenters. The number of hydrogen-bond donors (Lipinski definition) is 1. The molecule has 0 aliphatic carbocycles. The molecule has 0 atom stereocenters. The first kappa shape index (κ1) is 9.48. The van der Waals surface area contributed by atoms with E-state index in [-0.39, 0.29) is 0 Å². The Balaban J connectivity index is 2.44. The van der Waals surface area contributed by atoms with E-state index < -0.39 is 0 Å². The minimum absolute atomic E-state index is 0.801. The quantitative estimate of drug-likeness (QED) is 0.646. The highest BCUT2D eigenvalue weighted by Gasteiger charge is 2.06. The Bertz CT molecular complexity index is 672. The Kier molecular flexibility index (Phi) is 2.01. The number of benzene rings is 2. The molecule has 3 heteroatoms. The van der Waals surface area contributed by atoms with Crippen LogP contribution in [0.3, 0.4) is 0 Å². The predicted octanol–water partition coefficient (Wildman–Crippen LogP) is 3.65. The average molecular weight is 229 g/mol. The Morgan fingerprint density at radius 3 is 2.44 bits per heavy atom. The van der Waals surface area contributed by atoms with Crippen molar-refractivity contribution in [1.82, 2.24) is 0 Å². The summed E-state index contributed by atoms with van der Waals surface area (Å²) in [7, 11) is 1.68. The van der Waals surface area contributed by atoms with Crippen molar-refractivity contribution in [2.24, 2.45) is 0 Å². The molecule has 3 rings (SSSR count). The molecule has 3 aromatic rings. The number of hydrogen-bond acceptors (Lipinski definition) is 3. The Hall–Kier alpha value is -1.74. The molecular weight excluding hydrogens is 218 g/mol. The van der Waals surface area contributed by atoms with Crippen molar-refractivity contribution < 1.29 is 4.74 Å². The molecule has 2 N–H and O–H groups in total. The molecule has 0 spiro atoms. The zero-order chi connectivity index (χ0) is 11.1. The number of nitrogens with two attached hydrogens (primary N) is 1. The lowest BCUT2D eigenvalue weighted by Gasteiger charge is -1.99. The number of ether oxygens (including phenoxy) is 1. The van der Waals surface area contributed by atoms with E-state index in [4.69, 9.17) is 10.5 Å². The standard InChI is InChI=1S/C13H11NOS/c1-15-9-3-5-13-11(7-9)10-6-8(14)2-4-12(10)16-13/h2-7H,14H2,1H3. The maximum atomic E-state index is 5.82. The van der Waals surface area contributed by atoms with Crippen LogP contribution in [0.1, 0.15) is 0 Å². The van der Waals surface area contributed by atoms with E-state index in [2.05, 4.69) is 18.2 Å². The van der Waals surface area contributed by atoms with Gasteiger partial charge in [-0.25, -0.2) is 0 Å². The lowest BCUT2D eigenvalue weighted by atomic mass is 10.1. The molecule has 0 aliphatic rings. The summed E-state index contributed by atoms with van der Waals surface area (Å²) in [4.78, 5) is 0. The van der Waals surface area contributed by atoms with Gasteiger partial charge in [0.05, 0.1) is 7.11 Å². The third kappa shape index (κ3) is 1.32. The number of rotatable bonds is 1. The van der Waals surface area contributed by atoms with E-state index in [1.807, 2.05) is 18.2 Å². The summed E-state index contributed by atoms with van der Waals surface area (Å²) < 4.78 is 7.77. The van der Waals surface area contributed by atoms with Crippen LogP contribution in [-0.4, -0.2) is 7.11 Å². The lowest BCUT2D eigenvalue weighted by molar-refractivity contribution is 0.415. The second kappa shape index (κ2) is 3.39. The number of anilines is 1. The van der Waals surface area contributed by atoms with Crippen LogP contribution in [0, 0.1) is 0 Å². The van der Waals surface area contributed by atoms with Gasteiger partial charge in [0.25, 0.3) is 0 Å². The minimum atomic E-state index is 0.801. The molecule has 16 heavy (non-hydrogen) atoms. The molecule has 0 bridgehead atoms. The normalized spacial score (nSPS) is 11.1. The monoisotopic (exact) mass is 229 g/mol. The van der Waals surface area contributed by atoms with Crippen molar-refractivity contribution in [3.63, 3.8) is 0 Å². The number of nitrogen functional groups attached to an aromatic ring is 1. The van der Waals surface area contributed by atoms with Gasteiger partial charge in [0.1, 0.15) is 5.75 Å². The van der Waals surface area contributed by atoms with Crippen LogP contribution >= 0.6 is 11.3 Å². The van der Waals surface area contributed by atoms with E-state index >= 15 is 0 Å². The van der Waals surface area contributed by atoms with E-state index in [1.165, 1.54) is 20.2 Å². The first-order valence-electron chi connectivity index (χ1n) is 5.04. The summed E-state index contributed by atoms with van der Waals surface area (Å²) in [6, 6.07) is 12.2. The maximum absolute atomic E-state index is 5.82. The summed E-state index contributed by atoms with van der Waals surface area (Å²) in [6.45, 7) is 0. The Labute approximate surface area is 97.3 Å². The summed E-state index contributed by atoms with van der Waals surface area (Å²) in [5.41, 5.74) is 6.62. The highest BCUT2D eigenvalue weighted by atomic mass is 32.1. The van der Waals surface area contributed by atoms with Gasteiger partial charge in [0.15, 0.2) is 0 Å². The van der Waals surface area contributed by atoms with Crippen molar-refractivity contribution in [3.05, 3.63) is 36.4 Å². The van der Waals surface area contributed by atoms with Crippen LogP contribution in [0.15, 0.2) is 36.4 Å². The second-order valence-corrected chi connectivity index (χ2v) is 4.80.